The molecule has 0 saturated carbocycles. The van der Waals surface area contributed by atoms with Crippen molar-refractivity contribution in [3.05, 3.63) is 83.2 Å². The van der Waals surface area contributed by atoms with E-state index in [1.165, 1.54) is 5.56 Å². The van der Waals surface area contributed by atoms with Crippen LogP contribution in [0.15, 0.2) is 60.7 Å². The number of carbonyl (C=O) groups excluding carboxylic acids is 2. The van der Waals surface area contributed by atoms with Crippen LogP contribution in [0.1, 0.15) is 40.2 Å². The van der Waals surface area contributed by atoms with E-state index in [0.29, 0.717) is 24.6 Å². The lowest BCUT2D eigenvalue weighted by Crippen LogP contribution is -2.41. The zero-order valence-corrected chi connectivity index (χ0v) is 18.7. The molecule has 0 spiro atoms. The zero-order chi connectivity index (χ0) is 22.5. The molecule has 1 amide bonds. The van der Waals surface area contributed by atoms with Crippen LogP contribution in [0.4, 0.5) is 0 Å². The van der Waals surface area contributed by atoms with E-state index in [0.717, 1.165) is 36.3 Å². The Balaban J connectivity index is 1.24. The predicted octanol–water partition coefficient (Wildman–Crippen LogP) is 4.13. The van der Waals surface area contributed by atoms with Crippen molar-refractivity contribution in [1.82, 2.24) is 14.7 Å². The van der Waals surface area contributed by atoms with Gasteiger partial charge in [0.2, 0.25) is 0 Å². The van der Waals surface area contributed by atoms with Crippen molar-refractivity contribution in [3.8, 4) is 5.69 Å². The molecule has 1 aromatic heterocycles. The normalized spacial score (nSPS) is 14.4. The minimum Gasteiger partial charge on any atom is -0.452 e. The first-order valence-electron chi connectivity index (χ1n) is 11.1. The van der Waals surface area contributed by atoms with Gasteiger partial charge in [0.15, 0.2) is 6.61 Å². The Morgan fingerprint density at radius 2 is 1.69 bits per heavy atom. The summed E-state index contributed by atoms with van der Waals surface area (Å²) in [5.41, 5.74) is 4.60. The van der Waals surface area contributed by atoms with Crippen LogP contribution in [0.5, 0.6) is 0 Å². The average Bonchev–Trinajstić information content (AvgIpc) is 3.16. The van der Waals surface area contributed by atoms with Crippen molar-refractivity contribution in [2.24, 2.45) is 5.92 Å². The summed E-state index contributed by atoms with van der Waals surface area (Å²) >= 11 is 0. The summed E-state index contributed by atoms with van der Waals surface area (Å²) in [5.74, 6) is -0.0299. The van der Waals surface area contributed by atoms with E-state index in [2.05, 4.69) is 29.4 Å². The summed E-state index contributed by atoms with van der Waals surface area (Å²) in [5, 5.41) is 4.45. The number of amides is 1. The Kier molecular flexibility index (Phi) is 6.69. The molecule has 0 atom stereocenters. The van der Waals surface area contributed by atoms with Crippen LogP contribution in [0.3, 0.4) is 0 Å². The highest BCUT2D eigenvalue weighted by molar-refractivity contribution is 5.91. The number of esters is 1. The summed E-state index contributed by atoms with van der Waals surface area (Å²) in [4.78, 5) is 26.7. The zero-order valence-electron chi connectivity index (χ0n) is 18.7. The maximum Gasteiger partial charge on any atom is 0.338 e. The van der Waals surface area contributed by atoms with Gasteiger partial charge in [-0.1, -0.05) is 30.3 Å². The SMILES string of the molecule is Cc1cc(C)n(-c2ccc(C(=O)OCC(=O)N3CCC(Cc4ccccc4)CC3)cc2)n1. The van der Waals surface area contributed by atoms with Gasteiger partial charge in [0.05, 0.1) is 16.9 Å². The molecule has 1 aliphatic heterocycles. The van der Waals surface area contributed by atoms with Gasteiger partial charge in [-0.2, -0.15) is 5.10 Å². The van der Waals surface area contributed by atoms with Crippen LogP contribution >= 0.6 is 0 Å². The standard InChI is InChI=1S/C26H29N3O3/c1-19-16-20(2)29(27-19)24-10-8-23(9-11-24)26(31)32-18-25(30)28-14-12-22(13-15-28)17-21-6-4-3-5-7-21/h3-11,16,22H,12-15,17-18H2,1-2H3. The van der Waals surface area contributed by atoms with E-state index in [1.54, 1.807) is 17.0 Å². The predicted molar refractivity (Wildman–Crippen MR) is 123 cm³/mol. The Morgan fingerprint density at radius 3 is 2.31 bits per heavy atom. The highest BCUT2D eigenvalue weighted by atomic mass is 16.5. The molecule has 0 bridgehead atoms. The van der Waals surface area contributed by atoms with Crippen molar-refractivity contribution in [3.63, 3.8) is 0 Å². The van der Waals surface area contributed by atoms with Crippen LogP contribution < -0.4 is 0 Å². The summed E-state index contributed by atoms with van der Waals surface area (Å²) in [6.07, 6.45) is 3.00. The molecular weight excluding hydrogens is 402 g/mol. The van der Waals surface area contributed by atoms with Crippen molar-refractivity contribution in [2.45, 2.75) is 33.1 Å². The topological polar surface area (TPSA) is 64.4 Å². The molecule has 0 radical (unpaired) electrons. The molecule has 2 heterocycles. The number of ether oxygens (including phenoxy) is 1. The molecule has 6 heteroatoms. The van der Waals surface area contributed by atoms with Gasteiger partial charge in [0.1, 0.15) is 0 Å². The quantitative estimate of drug-likeness (QED) is 0.551. The molecule has 166 valence electrons. The van der Waals surface area contributed by atoms with E-state index in [9.17, 15) is 9.59 Å². The average molecular weight is 432 g/mol. The second kappa shape index (κ2) is 9.81. The van der Waals surface area contributed by atoms with Crippen molar-refractivity contribution in [1.29, 1.82) is 0 Å². The highest BCUT2D eigenvalue weighted by Crippen LogP contribution is 2.22. The lowest BCUT2D eigenvalue weighted by Gasteiger charge is -2.32. The Bertz CT molecular complexity index is 1070. The monoisotopic (exact) mass is 431 g/mol. The molecule has 1 saturated heterocycles. The van der Waals surface area contributed by atoms with Crippen LogP contribution in [0, 0.1) is 19.8 Å². The summed E-state index contributed by atoms with van der Waals surface area (Å²) in [6, 6.07) is 19.5. The fraction of sp³-hybridized carbons (Fsp3) is 0.346. The molecule has 3 aromatic rings. The molecule has 4 rings (SSSR count). The summed E-state index contributed by atoms with van der Waals surface area (Å²) < 4.78 is 7.12. The summed E-state index contributed by atoms with van der Waals surface area (Å²) in [6.45, 7) is 5.13. The first kappa shape index (κ1) is 21.8. The number of aromatic nitrogens is 2. The van der Waals surface area contributed by atoms with Gasteiger partial charge in [-0.3, -0.25) is 4.79 Å². The van der Waals surface area contributed by atoms with Crippen LogP contribution in [-0.2, 0) is 16.0 Å². The summed E-state index contributed by atoms with van der Waals surface area (Å²) in [7, 11) is 0. The van der Waals surface area contributed by atoms with E-state index >= 15 is 0 Å². The van der Waals surface area contributed by atoms with Crippen molar-refractivity contribution < 1.29 is 14.3 Å². The van der Waals surface area contributed by atoms with Crippen LogP contribution in [0.25, 0.3) is 5.69 Å². The minimum atomic E-state index is -0.489. The highest BCUT2D eigenvalue weighted by Gasteiger charge is 2.24. The first-order chi connectivity index (χ1) is 15.5. The van der Waals surface area contributed by atoms with Gasteiger partial charge in [-0.15, -0.1) is 0 Å². The van der Waals surface area contributed by atoms with Gasteiger partial charge in [-0.25, -0.2) is 9.48 Å². The second-order valence-electron chi connectivity index (χ2n) is 8.48. The van der Waals surface area contributed by atoms with Crippen LogP contribution in [-0.4, -0.2) is 46.3 Å². The first-order valence-corrected chi connectivity index (χ1v) is 11.1. The number of piperidine rings is 1. The molecule has 0 N–H and O–H groups in total. The maximum absolute atomic E-state index is 12.5. The molecule has 32 heavy (non-hydrogen) atoms. The number of nitrogens with zero attached hydrogens (tertiary/aromatic N) is 3. The molecule has 0 unspecified atom stereocenters. The Labute approximate surface area is 188 Å². The number of carbonyl (C=O) groups is 2. The van der Waals surface area contributed by atoms with E-state index in [-0.39, 0.29) is 12.5 Å². The fourth-order valence-corrected chi connectivity index (χ4v) is 4.26. The number of benzene rings is 2. The van der Waals surface area contributed by atoms with Gasteiger partial charge in [0.25, 0.3) is 5.91 Å². The van der Waals surface area contributed by atoms with Gasteiger partial charge in [-0.05, 0) is 74.9 Å². The lowest BCUT2D eigenvalue weighted by atomic mass is 9.90. The van der Waals surface area contributed by atoms with Crippen LogP contribution in [0.2, 0.25) is 0 Å². The third kappa shape index (κ3) is 5.25. The van der Waals surface area contributed by atoms with Gasteiger partial charge < -0.3 is 9.64 Å². The third-order valence-corrected chi connectivity index (χ3v) is 6.02. The number of hydrogen-bond acceptors (Lipinski definition) is 4. The smallest absolute Gasteiger partial charge is 0.338 e. The molecule has 6 nitrogen and oxygen atoms in total. The Morgan fingerprint density at radius 1 is 1.00 bits per heavy atom. The number of rotatable bonds is 6. The maximum atomic E-state index is 12.5. The van der Waals surface area contributed by atoms with E-state index in [4.69, 9.17) is 4.74 Å². The molecule has 1 fully saturated rings. The molecule has 2 aromatic carbocycles. The number of hydrogen-bond donors (Lipinski definition) is 0. The minimum absolute atomic E-state index is 0.129. The Hall–Kier alpha value is -3.41. The molecule has 0 aliphatic carbocycles. The largest absolute Gasteiger partial charge is 0.452 e. The van der Waals surface area contributed by atoms with Gasteiger partial charge >= 0.3 is 5.97 Å². The number of aryl methyl sites for hydroxylation is 2. The van der Waals surface area contributed by atoms with Gasteiger partial charge in [0, 0.05) is 18.8 Å². The molecular formula is C26H29N3O3. The molecule has 1 aliphatic rings. The number of likely N-dealkylation sites (tertiary alicyclic amines) is 1. The van der Waals surface area contributed by atoms with Crippen molar-refractivity contribution >= 4 is 11.9 Å². The second-order valence-corrected chi connectivity index (χ2v) is 8.48. The lowest BCUT2D eigenvalue weighted by molar-refractivity contribution is -0.135. The third-order valence-electron chi connectivity index (χ3n) is 6.02. The fourth-order valence-electron chi connectivity index (χ4n) is 4.26. The van der Waals surface area contributed by atoms with E-state index < -0.39 is 5.97 Å². The van der Waals surface area contributed by atoms with Crippen molar-refractivity contribution in [2.75, 3.05) is 19.7 Å². The van der Waals surface area contributed by atoms with E-state index in [1.807, 2.05) is 42.8 Å².